The lowest BCUT2D eigenvalue weighted by molar-refractivity contribution is 0.299. The molecule has 0 heterocycles. The lowest BCUT2D eigenvalue weighted by Crippen LogP contribution is -1.94. The topological polar surface area (TPSA) is 20.2 Å². The van der Waals surface area contributed by atoms with Crippen molar-refractivity contribution in [3.8, 4) is 11.1 Å². The van der Waals surface area contributed by atoms with Gasteiger partial charge in [-0.15, -0.1) is 0 Å². The molecule has 0 amide bonds. The molecule has 0 aliphatic carbocycles. The maximum atomic E-state index is 13.6. The molecule has 0 spiro atoms. The molecule has 2 aromatic rings. The molecule has 0 aliphatic heterocycles. The van der Waals surface area contributed by atoms with Gasteiger partial charge in [0.15, 0.2) is 0 Å². The highest BCUT2D eigenvalue weighted by Crippen LogP contribution is 2.26. The Balaban J connectivity index is 2.51. The first-order valence-electron chi connectivity index (χ1n) is 5.36. The molecule has 2 aromatic carbocycles. The predicted octanol–water partition coefficient (Wildman–Crippen LogP) is 3.17. The van der Waals surface area contributed by atoms with Crippen LogP contribution in [0.5, 0.6) is 0 Å². The van der Waals surface area contributed by atoms with Crippen LogP contribution in [-0.2, 0) is 6.42 Å². The Labute approximate surface area is 98.3 Å². The van der Waals surface area contributed by atoms with Crippen LogP contribution < -0.4 is 0 Å². The van der Waals surface area contributed by atoms with Gasteiger partial charge in [0.25, 0.3) is 0 Å². The number of halogens is 2. The minimum atomic E-state index is -0.461. The number of aliphatic hydroxyl groups is 1. The van der Waals surface area contributed by atoms with Crippen molar-refractivity contribution in [3.63, 3.8) is 0 Å². The molecule has 0 saturated carbocycles. The van der Waals surface area contributed by atoms with Gasteiger partial charge in [-0.2, -0.15) is 0 Å². The molecule has 0 aromatic heterocycles. The van der Waals surface area contributed by atoms with Crippen molar-refractivity contribution >= 4 is 0 Å². The SMILES string of the molecule is OCCc1ccc(F)c(-c2ccccc2F)c1. The molecule has 0 unspecified atom stereocenters. The Kier molecular flexibility index (Phi) is 3.49. The van der Waals surface area contributed by atoms with Gasteiger partial charge in [0, 0.05) is 17.7 Å². The number of rotatable bonds is 3. The van der Waals surface area contributed by atoms with E-state index in [1.165, 1.54) is 18.2 Å². The van der Waals surface area contributed by atoms with Crippen molar-refractivity contribution in [2.24, 2.45) is 0 Å². The van der Waals surface area contributed by atoms with Crippen LogP contribution >= 0.6 is 0 Å². The lowest BCUT2D eigenvalue weighted by atomic mass is 10.0. The molecular formula is C14H12F2O. The van der Waals surface area contributed by atoms with Crippen molar-refractivity contribution < 1.29 is 13.9 Å². The third kappa shape index (κ3) is 2.50. The van der Waals surface area contributed by atoms with Gasteiger partial charge in [0.1, 0.15) is 11.6 Å². The summed E-state index contributed by atoms with van der Waals surface area (Å²) in [5.74, 6) is -0.913. The average molecular weight is 234 g/mol. The fourth-order valence-electron chi connectivity index (χ4n) is 1.74. The van der Waals surface area contributed by atoms with Gasteiger partial charge >= 0.3 is 0 Å². The lowest BCUT2D eigenvalue weighted by Gasteiger charge is -2.07. The molecule has 2 rings (SSSR count). The van der Waals surface area contributed by atoms with Crippen LogP contribution in [0, 0.1) is 11.6 Å². The van der Waals surface area contributed by atoms with Gasteiger partial charge < -0.3 is 5.11 Å². The molecule has 0 aliphatic rings. The van der Waals surface area contributed by atoms with E-state index in [1.807, 2.05) is 0 Å². The smallest absolute Gasteiger partial charge is 0.131 e. The Morgan fingerprint density at radius 2 is 1.59 bits per heavy atom. The summed E-state index contributed by atoms with van der Waals surface area (Å²) in [5.41, 5.74) is 1.26. The van der Waals surface area contributed by atoms with Gasteiger partial charge in [0.05, 0.1) is 0 Å². The summed E-state index contributed by atoms with van der Waals surface area (Å²) in [6.45, 7) is -0.0116. The second-order valence-corrected chi connectivity index (χ2v) is 3.77. The van der Waals surface area contributed by atoms with E-state index in [0.29, 0.717) is 6.42 Å². The Morgan fingerprint density at radius 3 is 2.29 bits per heavy atom. The molecule has 0 bridgehead atoms. The number of aliphatic hydroxyl groups excluding tert-OH is 1. The quantitative estimate of drug-likeness (QED) is 0.864. The first kappa shape index (κ1) is 11.7. The summed E-state index contributed by atoms with van der Waals surface area (Å²) in [6, 6.07) is 10.5. The molecule has 0 radical (unpaired) electrons. The van der Waals surface area contributed by atoms with Crippen molar-refractivity contribution in [1.82, 2.24) is 0 Å². The predicted molar refractivity (Wildman–Crippen MR) is 62.6 cm³/mol. The molecule has 0 fully saturated rings. The average Bonchev–Trinajstić information content (AvgIpc) is 2.33. The largest absolute Gasteiger partial charge is 0.396 e. The fourth-order valence-corrected chi connectivity index (χ4v) is 1.74. The first-order valence-corrected chi connectivity index (χ1v) is 5.36. The highest BCUT2D eigenvalue weighted by atomic mass is 19.1. The highest BCUT2D eigenvalue weighted by molar-refractivity contribution is 5.65. The minimum absolute atomic E-state index is 0.0116. The molecule has 88 valence electrons. The third-order valence-electron chi connectivity index (χ3n) is 2.60. The van der Waals surface area contributed by atoms with Crippen LogP contribution in [0.1, 0.15) is 5.56 Å². The van der Waals surface area contributed by atoms with E-state index in [9.17, 15) is 8.78 Å². The van der Waals surface area contributed by atoms with Crippen LogP contribution in [0.25, 0.3) is 11.1 Å². The molecule has 1 nitrogen and oxygen atoms in total. The van der Waals surface area contributed by atoms with E-state index in [1.54, 1.807) is 24.3 Å². The van der Waals surface area contributed by atoms with Crippen molar-refractivity contribution in [2.75, 3.05) is 6.61 Å². The molecular weight excluding hydrogens is 222 g/mol. The molecule has 17 heavy (non-hydrogen) atoms. The number of hydrogen-bond donors (Lipinski definition) is 1. The summed E-state index contributed by atoms with van der Waals surface area (Å²) in [7, 11) is 0. The zero-order valence-corrected chi connectivity index (χ0v) is 9.16. The van der Waals surface area contributed by atoms with Crippen LogP contribution in [0.2, 0.25) is 0 Å². The van der Waals surface area contributed by atoms with E-state index < -0.39 is 11.6 Å². The first-order chi connectivity index (χ1) is 8.22. The summed E-state index contributed by atoms with van der Waals surface area (Å²) < 4.78 is 27.2. The fraction of sp³-hybridized carbons (Fsp3) is 0.143. The third-order valence-corrected chi connectivity index (χ3v) is 2.60. The van der Waals surface area contributed by atoms with E-state index in [2.05, 4.69) is 0 Å². The maximum Gasteiger partial charge on any atom is 0.131 e. The Bertz CT molecular complexity index is 523. The van der Waals surface area contributed by atoms with E-state index in [4.69, 9.17) is 5.11 Å². The van der Waals surface area contributed by atoms with Gasteiger partial charge in [-0.1, -0.05) is 24.3 Å². The van der Waals surface area contributed by atoms with E-state index in [0.717, 1.165) is 5.56 Å². The molecule has 3 heteroatoms. The Hall–Kier alpha value is -1.74. The van der Waals surface area contributed by atoms with Crippen molar-refractivity contribution in [1.29, 1.82) is 0 Å². The van der Waals surface area contributed by atoms with E-state index >= 15 is 0 Å². The zero-order chi connectivity index (χ0) is 12.3. The van der Waals surface area contributed by atoms with Crippen molar-refractivity contribution in [2.45, 2.75) is 6.42 Å². The van der Waals surface area contributed by atoms with Gasteiger partial charge in [-0.3, -0.25) is 0 Å². The second-order valence-electron chi connectivity index (χ2n) is 3.77. The number of hydrogen-bond acceptors (Lipinski definition) is 1. The summed E-state index contributed by atoms with van der Waals surface area (Å²) >= 11 is 0. The van der Waals surface area contributed by atoms with Crippen molar-refractivity contribution in [3.05, 3.63) is 59.7 Å². The van der Waals surface area contributed by atoms with E-state index in [-0.39, 0.29) is 17.7 Å². The van der Waals surface area contributed by atoms with Crippen LogP contribution in [0.3, 0.4) is 0 Å². The van der Waals surface area contributed by atoms with Gasteiger partial charge in [0.2, 0.25) is 0 Å². The van der Waals surface area contributed by atoms with Gasteiger partial charge in [-0.25, -0.2) is 8.78 Å². The van der Waals surface area contributed by atoms with Crippen LogP contribution in [-0.4, -0.2) is 11.7 Å². The summed E-state index contributed by atoms with van der Waals surface area (Å²) in [5, 5.41) is 8.84. The summed E-state index contributed by atoms with van der Waals surface area (Å²) in [6.07, 6.45) is 0.432. The Morgan fingerprint density at radius 1 is 0.882 bits per heavy atom. The second kappa shape index (κ2) is 5.06. The minimum Gasteiger partial charge on any atom is -0.396 e. The molecule has 0 atom stereocenters. The van der Waals surface area contributed by atoms with Crippen LogP contribution in [0.15, 0.2) is 42.5 Å². The standard InChI is InChI=1S/C14H12F2O/c15-13-4-2-1-3-11(13)12-9-10(7-8-17)5-6-14(12)16/h1-6,9,17H,7-8H2. The maximum absolute atomic E-state index is 13.6. The van der Waals surface area contributed by atoms with Crippen LogP contribution in [0.4, 0.5) is 8.78 Å². The van der Waals surface area contributed by atoms with Gasteiger partial charge in [-0.05, 0) is 30.2 Å². The molecule has 1 N–H and O–H groups in total. The normalized spacial score (nSPS) is 10.5. The molecule has 0 saturated heterocycles. The highest BCUT2D eigenvalue weighted by Gasteiger charge is 2.10. The summed E-state index contributed by atoms with van der Waals surface area (Å²) in [4.78, 5) is 0. The number of benzene rings is 2. The monoisotopic (exact) mass is 234 g/mol. The zero-order valence-electron chi connectivity index (χ0n) is 9.16.